The molecule has 242 valence electrons. The molecule has 0 bridgehead atoms. The lowest BCUT2D eigenvalue weighted by molar-refractivity contribution is -0.119. The molecule has 3 aromatic carbocycles. The van der Waals surface area contributed by atoms with E-state index in [0.29, 0.717) is 64.5 Å². The fourth-order valence-electron chi connectivity index (χ4n) is 6.38. The number of halogens is 2. The average molecular weight is 672 g/mol. The van der Waals surface area contributed by atoms with Crippen LogP contribution in [0.2, 0.25) is 10.0 Å². The molecule has 0 aliphatic carbocycles. The Bertz CT molecular complexity index is 1850. The Morgan fingerprint density at radius 2 is 1.81 bits per heavy atom. The van der Waals surface area contributed by atoms with Crippen molar-refractivity contribution in [3.63, 3.8) is 0 Å². The zero-order valence-electron chi connectivity index (χ0n) is 26.3. The molecule has 2 saturated heterocycles. The number of aliphatic hydroxyl groups is 1. The molecule has 0 spiro atoms. The van der Waals surface area contributed by atoms with Crippen molar-refractivity contribution >= 4 is 29.1 Å². The molecule has 1 aromatic heterocycles. The van der Waals surface area contributed by atoms with E-state index in [9.17, 15) is 15.2 Å². The molecule has 11 heteroatoms. The Labute approximate surface area is 284 Å². The molecule has 3 heterocycles. The fraction of sp³-hybridized carbons (Fsp3) is 0.333. The summed E-state index contributed by atoms with van der Waals surface area (Å²) >= 11 is 14.1. The van der Waals surface area contributed by atoms with Crippen LogP contribution >= 0.6 is 23.2 Å². The van der Waals surface area contributed by atoms with Crippen LogP contribution in [0.1, 0.15) is 36.6 Å². The first-order chi connectivity index (χ1) is 22.7. The molecule has 2 aliphatic rings. The Kier molecular flexibility index (Phi) is 9.78. The summed E-state index contributed by atoms with van der Waals surface area (Å²) in [6, 6.07) is 19.8. The predicted molar refractivity (Wildman–Crippen MR) is 183 cm³/mol. The number of ether oxygens (including phenoxy) is 1. The van der Waals surface area contributed by atoms with Gasteiger partial charge in [0, 0.05) is 72.9 Å². The summed E-state index contributed by atoms with van der Waals surface area (Å²) in [4.78, 5) is 23.1. The summed E-state index contributed by atoms with van der Waals surface area (Å²) in [7, 11) is 1.56. The van der Waals surface area contributed by atoms with E-state index in [0.717, 1.165) is 47.3 Å². The second-order valence-electron chi connectivity index (χ2n) is 12.6. The van der Waals surface area contributed by atoms with Crippen molar-refractivity contribution in [1.82, 2.24) is 25.5 Å². The Hall–Kier alpha value is -4.04. The molecule has 0 saturated carbocycles. The standard InChI is InChI=1S/C36H36Cl2N6O3/c1-36(21-45)19-44(20-36)18-23-10-9-22(13-24(23)14-39)26-5-3-6-27(33(26)37)28-7-4-8-29(34(28)38)30-17-41-31(35(43-30)47-2)16-40-15-25-11-12-32(46)42-25/h3-10,13,17,25,40,45H,11-12,15-16,18-21H2,1-2H3,(H,42,46)/t25-/m0/s1. The highest BCUT2D eigenvalue weighted by Gasteiger charge is 2.38. The Morgan fingerprint density at radius 1 is 1.11 bits per heavy atom. The lowest BCUT2D eigenvalue weighted by atomic mass is 9.82. The number of likely N-dealkylation sites (tertiary alicyclic amines) is 1. The lowest BCUT2D eigenvalue weighted by Gasteiger charge is -2.47. The molecule has 0 unspecified atom stereocenters. The fourth-order valence-corrected chi connectivity index (χ4v) is 7.04. The van der Waals surface area contributed by atoms with E-state index in [-0.39, 0.29) is 24.0 Å². The second-order valence-corrected chi connectivity index (χ2v) is 13.3. The van der Waals surface area contributed by atoms with Crippen LogP contribution in [0.5, 0.6) is 5.88 Å². The van der Waals surface area contributed by atoms with Crippen molar-refractivity contribution in [1.29, 1.82) is 5.26 Å². The van der Waals surface area contributed by atoms with Crippen LogP contribution in [0.3, 0.4) is 0 Å². The van der Waals surface area contributed by atoms with Crippen LogP contribution < -0.4 is 15.4 Å². The lowest BCUT2D eigenvalue weighted by Crippen LogP contribution is -2.55. The normalized spacial score (nSPS) is 17.2. The van der Waals surface area contributed by atoms with E-state index in [4.69, 9.17) is 32.9 Å². The average Bonchev–Trinajstić information content (AvgIpc) is 3.49. The number of nitriles is 1. The number of aromatic nitrogens is 2. The molecule has 6 rings (SSSR count). The molecule has 1 atom stereocenters. The molecule has 47 heavy (non-hydrogen) atoms. The SMILES string of the molecule is COc1nc(-c2cccc(-c3cccc(-c4ccc(CN5CC(C)(CO)C5)c(C#N)c4)c3Cl)c2Cl)cnc1CNC[C@@H]1CCC(=O)N1. The molecule has 1 amide bonds. The molecule has 4 aromatic rings. The minimum absolute atomic E-state index is 0.0738. The molecule has 3 N–H and O–H groups in total. The summed E-state index contributed by atoms with van der Waals surface area (Å²) < 4.78 is 5.57. The van der Waals surface area contributed by atoms with Crippen LogP contribution in [0.25, 0.3) is 33.5 Å². The largest absolute Gasteiger partial charge is 0.480 e. The number of hydrogen-bond acceptors (Lipinski definition) is 8. The number of aliphatic hydroxyl groups excluding tert-OH is 1. The van der Waals surface area contributed by atoms with E-state index in [1.807, 2.05) is 54.6 Å². The van der Waals surface area contributed by atoms with Crippen molar-refractivity contribution in [3.05, 3.63) is 87.7 Å². The highest BCUT2D eigenvalue weighted by atomic mass is 35.5. The van der Waals surface area contributed by atoms with E-state index < -0.39 is 0 Å². The Balaban J connectivity index is 1.23. The zero-order valence-corrected chi connectivity index (χ0v) is 27.8. The van der Waals surface area contributed by atoms with Crippen molar-refractivity contribution in [3.8, 4) is 45.5 Å². The van der Waals surface area contributed by atoms with E-state index >= 15 is 0 Å². The van der Waals surface area contributed by atoms with Gasteiger partial charge in [0.05, 0.1) is 47.3 Å². The Morgan fingerprint density at radius 3 is 2.47 bits per heavy atom. The number of methoxy groups -OCH3 is 1. The number of rotatable bonds is 11. The number of nitrogens with one attached hydrogen (secondary N) is 2. The highest BCUT2D eigenvalue weighted by Crippen LogP contribution is 2.42. The van der Waals surface area contributed by atoms with Gasteiger partial charge in [-0.25, -0.2) is 4.98 Å². The minimum Gasteiger partial charge on any atom is -0.480 e. The third-order valence-electron chi connectivity index (χ3n) is 8.86. The maximum absolute atomic E-state index is 11.5. The van der Waals surface area contributed by atoms with Gasteiger partial charge >= 0.3 is 0 Å². The van der Waals surface area contributed by atoms with Gasteiger partial charge in [-0.05, 0) is 23.6 Å². The van der Waals surface area contributed by atoms with Gasteiger partial charge in [0.15, 0.2) is 0 Å². The first-order valence-electron chi connectivity index (χ1n) is 15.6. The molecular weight excluding hydrogens is 635 g/mol. The molecule has 2 fully saturated rings. The van der Waals surface area contributed by atoms with E-state index in [1.54, 1.807) is 13.3 Å². The number of benzene rings is 3. The minimum atomic E-state index is -0.0738. The van der Waals surface area contributed by atoms with Gasteiger partial charge in [0.25, 0.3) is 0 Å². The number of nitrogens with zero attached hydrogens (tertiary/aromatic N) is 4. The molecular formula is C36H36Cl2N6O3. The zero-order chi connectivity index (χ0) is 33.1. The first kappa shape index (κ1) is 32.9. The van der Waals surface area contributed by atoms with Crippen LogP contribution in [0.4, 0.5) is 0 Å². The van der Waals surface area contributed by atoms with Crippen molar-refractivity contribution in [2.75, 3.05) is 33.4 Å². The van der Waals surface area contributed by atoms with Crippen molar-refractivity contribution < 1.29 is 14.6 Å². The van der Waals surface area contributed by atoms with Gasteiger partial charge in [0.1, 0.15) is 5.69 Å². The topological polar surface area (TPSA) is 123 Å². The van der Waals surface area contributed by atoms with E-state index in [2.05, 4.69) is 33.5 Å². The first-order valence-corrected chi connectivity index (χ1v) is 16.3. The number of carbonyl (C=O) groups is 1. The quantitative estimate of drug-likeness (QED) is 0.182. The van der Waals surface area contributed by atoms with Crippen LogP contribution in [-0.2, 0) is 17.9 Å². The second kappa shape index (κ2) is 14.0. The summed E-state index contributed by atoms with van der Waals surface area (Å²) in [5.74, 6) is 0.471. The summed E-state index contributed by atoms with van der Waals surface area (Å²) in [6.45, 7) is 5.55. The molecule has 0 radical (unpaired) electrons. The molecule has 9 nitrogen and oxygen atoms in total. The van der Waals surface area contributed by atoms with E-state index in [1.165, 1.54) is 0 Å². The van der Waals surface area contributed by atoms with Gasteiger partial charge in [-0.2, -0.15) is 5.26 Å². The molecule has 2 aliphatic heterocycles. The van der Waals surface area contributed by atoms with Gasteiger partial charge in [0.2, 0.25) is 11.8 Å². The summed E-state index contributed by atoms with van der Waals surface area (Å²) in [5, 5.41) is 26.8. The third-order valence-corrected chi connectivity index (χ3v) is 9.68. The number of amides is 1. The summed E-state index contributed by atoms with van der Waals surface area (Å²) in [5.41, 5.74) is 6.48. The summed E-state index contributed by atoms with van der Waals surface area (Å²) in [6.07, 6.45) is 3.05. The smallest absolute Gasteiger partial charge is 0.237 e. The number of hydrogen-bond donors (Lipinski definition) is 3. The van der Waals surface area contributed by atoms with Gasteiger partial charge in [-0.3, -0.25) is 14.7 Å². The van der Waals surface area contributed by atoms with Gasteiger partial charge in [-0.1, -0.05) is 78.7 Å². The van der Waals surface area contributed by atoms with Crippen LogP contribution in [0, 0.1) is 16.7 Å². The van der Waals surface area contributed by atoms with Crippen molar-refractivity contribution in [2.45, 2.75) is 38.9 Å². The monoisotopic (exact) mass is 670 g/mol. The maximum atomic E-state index is 11.5. The van der Waals surface area contributed by atoms with Crippen molar-refractivity contribution in [2.24, 2.45) is 5.41 Å². The third kappa shape index (κ3) is 6.98. The van der Waals surface area contributed by atoms with Crippen LogP contribution in [-0.4, -0.2) is 65.3 Å². The number of carbonyl (C=O) groups excluding carboxylic acids is 1. The maximum Gasteiger partial charge on any atom is 0.237 e. The van der Waals surface area contributed by atoms with Gasteiger partial charge < -0.3 is 20.5 Å². The van der Waals surface area contributed by atoms with Gasteiger partial charge in [-0.15, -0.1) is 0 Å². The highest BCUT2D eigenvalue weighted by molar-refractivity contribution is 6.39. The van der Waals surface area contributed by atoms with Crippen LogP contribution in [0.15, 0.2) is 60.8 Å². The predicted octanol–water partition coefficient (Wildman–Crippen LogP) is 5.85.